The Hall–Kier alpha value is -3.09. The summed E-state index contributed by atoms with van der Waals surface area (Å²) in [4.78, 5) is 23.6. The number of halogens is 3. The van der Waals surface area contributed by atoms with E-state index in [-0.39, 0.29) is 0 Å². The second-order valence-electron chi connectivity index (χ2n) is 5.45. The molecule has 0 aliphatic rings. The average molecular weight is 362 g/mol. The summed E-state index contributed by atoms with van der Waals surface area (Å²) in [5.41, 5.74) is 5.62. The summed E-state index contributed by atoms with van der Waals surface area (Å²) in [6, 6.07) is 11.3. The number of hydrazine groups is 1. The SMILES string of the molecule is CCc1ccc(C(=O)NNC(=O)/C=C/c2ccc(C(F)(F)F)cc2)cc1. The van der Waals surface area contributed by atoms with Crippen LogP contribution in [0.4, 0.5) is 13.2 Å². The van der Waals surface area contributed by atoms with E-state index in [1.54, 1.807) is 12.1 Å². The molecule has 7 heteroatoms. The molecule has 0 aliphatic heterocycles. The largest absolute Gasteiger partial charge is 0.416 e. The number of hydrogen-bond donors (Lipinski definition) is 2. The number of amides is 2. The van der Waals surface area contributed by atoms with Crippen molar-refractivity contribution in [2.24, 2.45) is 0 Å². The maximum Gasteiger partial charge on any atom is 0.416 e. The number of aryl methyl sites for hydroxylation is 1. The van der Waals surface area contributed by atoms with Crippen LogP contribution in [0, 0.1) is 0 Å². The van der Waals surface area contributed by atoms with Gasteiger partial charge in [0.15, 0.2) is 0 Å². The quantitative estimate of drug-likeness (QED) is 0.643. The fraction of sp³-hybridized carbons (Fsp3) is 0.158. The van der Waals surface area contributed by atoms with Crippen LogP contribution in [0.25, 0.3) is 6.08 Å². The van der Waals surface area contributed by atoms with Crippen molar-refractivity contribution in [1.29, 1.82) is 0 Å². The number of rotatable bonds is 4. The minimum atomic E-state index is -4.40. The molecule has 26 heavy (non-hydrogen) atoms. The van der Waals surface area contributed by atoms with Gasteiger partial charge in [-0.2, -0.15) is 13.2 Å². The highest BCUT2D eigenvalue weighted by Gasteiger charge is 2.29. The monoisotopic (exact) mass is 362 g/mol. The smallest absolute Gasteiger partial charge is 0.268 e. The highest BCUT2D eigenvalue weighted by Crippen LogP contribution is 2.29. The zero-order valence-corrected chi connectivity index (χ0v) is 13.9. The van der Waals surface area contributed by atoms with Crippen molar-refractivity contribution >= 4 is 17.9 Å². The van der Waals surface area contributed by atoms with Crippen molar-refractivity contribution in [3.8, 4) is 0 Å². The van der Waals surface area contributed by atoms with E-state index in [1.807, 2.05) is 19.1 Å². The van der Waals surface area contributed by atoms with Gasteiger partial charge in [0.05, 0.1) is 5.56 Å². The molecule has 2 aromatic rings. The molecule has 0 unspecified atom stereocenters. The third-order valence-electron chi connectivity index (χ3n) is 3.59. The summed E-state index contributed by atoms with van der Waals surface area (Å²) in [5, 5.41) is 0. The second kappa shape index (κ2) is 8.33. The third-order valence-corrected chi connectivity index (χ3v) is 3.59. The Kier molecular flexibility index (Phi) is 6.16. The predicted octanol–water partition coefficient (Wildman–Crippen LogP) is 3.74. The number of nitrogens with one attached hydrogen (secondary N) is 2. The summed E-state index contributed by atoms with van der Waals surface area (Å²) in [6.45, 7) is 2.00. The Morgan fingerprint density at radius 2 is 1.58 bits per heavy atom. The van der Waals surface area contributed by atoms with Gasteiger partial charge in [0.1, 0.15) is 0 Å². The third kappa shape index (κ3) is 5.47. The number of hydrogen-bond acceptors (Lipinski definition) is 2. The maximum absolute atomic E-state index is 12.5. The molecular weight excluding hydrogens is 345 g/mol. The Morgan fingerprint density at radius 3 is 2.12 bits per heavy atom. The van der Waals surface area contributed by atoms with Gasteiger partial charge < -0.3 is 0 Å². The Morgan fingerprint density at radius 1 is 0.962 bits per heavy atom. The van der Waals surface area contributed by atoms with Gasteiger partial charge in [0, 0.05) is 11.6 Å². The van der Waals surface area contributed by atoms with E-state index in [9.17, 15) is 22.8 Å². The van der Waals surface area contributed by atoms with Crippen LogP contribution in [0.2, 0.25) is 0 Å². The van der Waals surface area contributed by atoms with Crippen LogP contribution in [0.5, 0.6) is 0 Å². The molecule has 0 fully saturated rings. The van der Waals surface area contributed by atoms with Crippen molar-refractivity contribution in [2.75, 3.05) is 0 Å². The van der Waals surface area contributed by atoms with E-state index in [1.165, 1.54) is 18.2 Å². The van der Waals surface area contributed by atoms with E-state index >= 15 is 0 Å². The molecule has 0 aromatic heterocycles. The predicted molar refractivity (Wildman–Crippen MR) is 91.9 cm³/mol. The molecule has 0 bridgehead atoms. The van der Waals surface area contributed by atoms with Gasteiger partial charge in [-0.15, -0.1) is 0 Å². The van der Waals surface area contributed by atoms with Gasteiger partial charge in [-0.05, 0) is 47.9 Å². The molecule has 136 valence electrons. The van der Waals surface area contributed by atoms with Crippen LogP contribution < -0.4 is 10.9 Å². The molecule has 0 atom stereocenters. The minimum Gasteiger partial charge on any atom is -0.268 e. The molecule has 2 aromatic carbocycles. The van der Waals surface area contributed by atoms with Crippen molar-refractivity contribution in [2.45, 2.75) is 19.5 Å². The van der Waals surface area contributed by atoms with Gasteiger partial charge in [0.25, 0.3) is 11.8 Å². The van der Waals surface area contributed by atoms with Gasteiger partial charge in [-0.3, -0.25) is 20.4 Å². The summed E-state index contributed by atoms with van der Waals surface area (Å²) >= 11 is 0. The lowest BCUT2D eigenvalue weighted by Gasteiger charge is -2.06. The first-order valence-corrected chi connectivity index (χ1v) is 7.84. The molecule has 0 radical (unpaired) electrons. The molecule has 2 rings (SSSR count). The minimum absolute atomic E-state index is 0.397. The lowest BCUT2D eigenvalue weighted by molar-refractivity contribution is -0.137. The Balaban J connectivity index is 1.87. The highest BCUT2D eigenvalue weighted by atomic mass is 19.4. The maximum atomic E-state index is 12.5. The van der Waals surface area contributed by atoms with Crippen molar-refractivity contribution < 1.29 is 22.8 Å². The van der Waals surface area contributed by atoms with Gasteiger partial charge in [-0.25, -0.2) is 0 Å². The van der Waals surface area contributed by atoms with E-state index in [0.29, 0.717) is 11.1 Å². The standard InChI is InChI=1S/C19H17F3N2O2/c1-2-13-3-8-15(9-4-13)18(26)24-23-17(25)12-7-14-5-10-16(11-6-14)19(20,21)22/h3-12H,2H2,1H3,(H,23,25)(H,24,26)/b12-7+. The summed E-state index contributed by atoms with van der Waals surface area (Å²) in [6.07, 6.45) is -1.09. The van der Waals surface area contributed by atoms with Crippen molar-refractivity contribution in [3.63, 3.8) is 0 Å². The Labute approximate surface area is 148 Å². The number of alkyl halides is 3. The molecule has 0 saturated carbocycles. The average Bonchev–Trinajstić information content (AvgIpc) is 2.64. The van der Waals surface area contributed by atoms with Crippen LogP contribution in [0.3, 0.4) is 0 Å². The van der Waals surface area contributed by atoms with Crippen LogP contribution >= 0.6 is 0 Å². The van der Waals surface area contributed by atoms with Crippen LogP contribution in [-0.4, -0.2) is 11.8 Å². The first-order valence-electron chi connectivity index (χ1n) is 7.84. The van der Waals surface area contributed by atoms with Crippen LogP contribution in [0.1, 0.15) is 34.0 Å². The van der Waals surface area contributed by atoms with Gasteiger partial charge in [0.2, 0.25) is 0 Å². The fourth-order valence-corrected chi connectivity index (χ4v) is 2.08. The molecule has 0 saturated heterocycles. The highest BCUT2D eigenvalue weighted by molar-refractivity contribution is 5.97. The molecule has 0 heterocycles. The molecule has 4 nitrogen and oxygen atoms in total. The molecular formula is C19H17F3N2O2. The zero-order valence-electron chi connectivity index (χ0n) is 13.9. The lowest BCUT2D eigenvalue weighted by Crippen LogP contribution is -2.40. The number of carbonyl (C=O) groups excluding carboxylic acids is 2. The molecule has 0 aliphatic carbocycles. The van der Waals surface area contributed by atoms with Gasteiger partial charge in [-0.1, -0.05) is 31.2 Å². The zero-order chi connectivity index (χ0) is 19.2. The molecule has 0 spiro atoms. The van der Waals surface area contributed by atoms with E-state index in [4.69, 9.17) is 0 Å². The number of benzene rings is 2. The van der Waals surface area contributed by atoms with E-state index in [0.717, 1.165) is 30.2 Å². The number of carbonyl (C=O) groups is 2. The molecule has 2 amide bonds. The molecule has 2 N–H and O–H groups in total. The summed E-state index contributed by atoms with van der Waals surface area (Å²) < 4.78 is 37.4. The van der Waals surface area contributed by atoms with Gasteiger partial charge >= 0.3 is 6.18 Å². The van der Waals surface area contributed by atoms with E-state index < -0.39 is 23.6 Å². The lowest BCUT2D eigenvalue weighted by atomic mass is 10.1. The van der Waals surface area contributed by atoms with Crippen LogP contribution in [0.15, 0.2) is 54.6 Å². The van der Waals surface area contributed by atoms with Crippen molar-refractivity contribution in [3.05, 3.63) is 76.9 Å². The normalized spacial score (nSPS) is 11.4. The first kappa shape index (κ1) is 19.2. The second-order valence-corrected chi connectivity index (χ2v) is 5.45. The first-order chi connectivity index (χ1) is 12.3. The summed E-state index contributed by atoms with van der Waals surface area (Å²) in [7, 11) is 0. The Bertz CT molecular complexity index is 795. The van der Waals surface area contributed by atoms with Crippen molar-refractivity contribution in [1.82, 2.24) is 10.9 Å². The summed E-state index contributed by atoms with van der Waals surface area (Å²) in [5.74, 6) is -1.08. The topological polar surface area (TPSA) is 58.2 Å². The van der Waals surface area contributed by atoms with Crippen LogP contribution in [-0.2, 0) is 17.4 Å². The van der Waals surface area contributed by atoms with E-state index in [2.05, 4.69) is 10.9 Å². The fourth-order valence-electron chi connectivity index (χ4n) is 2.08.